The summed E-state index contributed by atoms with van der Waals surface area (Å²) in [6, 6.07) is 18.8. The maximum absolute atomic E-state index is 6.00. The number of halogens is 2. The molecule has 0 amide bonds. The highest BCUT2D eigenvalue weighted by Gasteiger charge is 2.43. The molecule has 1 spiro atoms. The van der Waals surface area contributed by atoms with Gasteiger partial charge in [-0.2, -0.15) is 0 Å². The van der Waals surface area contributed by atoms with Crippen LogP contribution < -0.4 is 10.6 Å². The van der Waals surface area contributed by atoms with Crippen LogP contribution in [0.15, 0.2) is 59.6 Å². The summed E-state index contributed by atoms with van der Waals surface area (Å²) in [7, 11) is 0. The molecule has 3 heterocycles. The number of piperidine rings is 1. The van der Waals surface area contributed by atoms with Crippen LogP contribution in [0.1, 0.15) is 24.8 Å². The van der Waals surface area contributed by atoms with Crippen molar-refractivity contribution >= 4 is 47.2 Å². The molecule has 5 rings (SSSR count). The third-order valence-corrected chi connectivity index (χ3v) is 7.10. The first-order chi connectivity index (χ1) is 15.2. The van der Waals surface area contributed by atoms with E-state index in [9.17, 15) is 0 Å². The molecule has 2 aromatic carbocycles. The summed E-state index contributed by atoms with van der Waals surface area (Å²) >= 11 is 6.00. The number of anilines is 1. The van der Waals surface area contributed by atoms with E-state index in [2.05, 4.69) is 62.9 Å². The molecule has 3 aliphatic heterocycles. The molecular weight excluding hydrogens is 533 g/mol. The Balaban J connectivity index is 0.00000245. The minimum absolute atomic E-state index is 0. The largest absolute Gasteiger partial charge is 0.385 e. The summed E-state index contributed by atoms with van der Waals surface area (Å²) < 4.78 is 0. The van der Waals surface area contributed by atoms with Gasteiger partial charge in [-0.05, 0) is 55.0 Å². The van der Waals surface area contributed by atoms with E-state index >= 15 is 0 Å². The molecule has 2 aromatic rings. The van der Waals surface area contributed by atoms with Crippen LogP contribution in [0.4, 0.5) is 5.69 Å². The van der Waals surface area contributed by atoms with E-state index < -0.39 is 0 Å². The zero-order valence-electron chi connectivity index (χ0n) is 18.5. The van der Waals surface area contributed by atoms with E-state index in [4.69, 9.17) is 16.6 Å². The quantitative estimate of drug-likeness (QED) is 0.517. The fraction of sp³-hybridized carbons (Fsp3) is 0.480. The van der Waals surface area contributed by atoms with E-state index in [0.29, 0.717) is 5.92 Å². The first-order valence-electron chi connectivity index (χ1n) is 11.5. The van der Waals surface area contributed by atoms with E-state index in [1.54, 1.807) is 0 Å². The second-order valence-electron chi connectivity index (χ2n) is 9.33. The fourth-order valence-corrected chi connectivity index (χ4v) is 5.27. The van der Waals surface area contributed by atoms with Gasteiger partial charge in [-0.25, -0.2) is 0 Å². The lowest BCUT2D eigenvalue weighted by Crippen LogP contribution is -2.54. The summed E-state index contributed by atoms with van der Waals surface area (Å²) in [4.78, 5) is 10.0. The van der Waals surface area contributed by atoms with Gasteiger partial charge in [-0.3, -0.25) is 9.89 Å². The van der Waals surface area contributed by atoms with Crippen molar-refractivity contribution in [3.05, 3.63) is 65.2 Å². The molecule has 7 heteroatoms. The molecule has 172 valence electrons. The average Bonchev–Trinajstić information content (AvgIpc) is 3.40. The van der Waals surface area contributed by atoms with Gasteiger partial charge in [0.15, 0.2) is 5.96 Å². The van der Waals surface area contributed by atoms with Crippen LogP contribution in [0.25, 0.3) is 0 Å². The smallest absolute Gasteiger partial charge is 0.194 e. The minimum Gasteiger partial charge on any atom is -0.385 e. The summed E-state index contributed by atoms with van der Waals surface area (Å²) in [6.45, 7) is 7.30. The fourth-order valence-electron chi connectivity index (χ4n) is 5.14. The van der Waals surface area contributed by atoms with Crippen LogP contribution in [-0.2, 0) is 6.54 Å². The van der Waals surface area contributed by atoms with E-state index in [-0.39, 0.29) is 29.5 Å². The van der Waals surface area contributed by atoms with Crippen molar-refractivity contribution in [1.29, 1.82) is 0 Å². The summed E-state index contributed by atoms with van der Waals surface area (Å²) in [6.07, 6.45) is 3.66. The topological polar surface area (TPSA) is 42.9 Å². The van der Waals surface area contributed by atoms with Crippen molar-refractivity contribution < 1.29 is 0 Å². The molecular formula is C25H33ClIN5. The number of likely N-dealkylation sites (tertiary alicyclic amines) is 2. The van der Waals surface area contributed by atoms with Crippen molar-refractivity contribution in [3.63, 3.8) is 0 Å². The third-order valence-electron chi connectivity index (χ3n) is 6.85. The lowest BCUT2D eigenvalue weighted by molar-refractivity contribution is 0.255. The lowest BCUT2D eigenvalue weighted by Gasteiger charge is -2.36. The molecule has 2 fully saturated rings. The van der Waals surface area contributed by atoms with E-state index in [1.165, 1.54) is 24.8 Å². The maximum atomic E-state index is 6.00. The molecule has 0 bridgehead atoms. The molecule has 0 saturated carbocycles. The number of hydrogen-bond acceptors (Lipinski definition) is 5. The van der Waals surface area contributed by atoms with Gasteiger partial charge in [0.2, 0.25) is 0 Å². The van der Waals surface area contributed by atoms with Gasteiger partial charge in [0.05, 0.1) is 12.1 Å². The number of nitrogens with zero attached hydrogens (tertiary/aromatic N) is 3. The summed E-state index contributed by atoms with van der Waals surface area (Å²) in [5, 5.41) is 8.21. The lowest BCUT2D eigenvalue weighted by atomic mass is 9.97. The monoisotopic (exact) mass is 565 g/mol. The van der Waals surface area contributed by atoms with Crippen LogP contribution in [0, 0.1) is 5.92 Å². The Bertz CT molecular complexity index is 906. The van der Waals surface area contributed by atoms with E-state index in [0.717, 1.165) is 62.5 Å². The van der Waals surface area contributed by atoms with Gasteiger partial charge >= 0.3 is 0 Å². The summed E-state index contributed by atoms with van der Waals surface area (Å²) in [5.41, 5.74) is 2.66. The van der Waals surface area contributed by atoms with Gasteiger partial charge in [-0.15, -0.1) is 24.0 Å². The number of rotatable bonds is 5. The predicted molar refractivity (Wildman–Crippen MR) is 144 cm³/mol. The van der Waals surface area contributed by atoms with Gasteiger partial charge in [0.25, 0.3) is 0 Å². The Labute approximate surface area is 213 Å². The highest BCUT2D eigenvalue weighted by atomic mass is 127. The SMILES string of the molecule is Clc1ccc(NCC2CCCN(C3=NCC4(CCN(Cc5ccccc5)C4)N3)C2)cc1.I. The predicted octanol–water partition coefficient (Wildman–Crippen LogP) is 4.69. The number of guanidine groups is 1. The second kappa shape index (κ2) is 10.6. The number of benzene rings is 2. The van der Waals surface area contributed by atoms with Crippen molar-refractivity contribution in [3.8, 4) is 0 Å². The molecule has 3 aliphatic rings. The Morgan fingerprint density at radius 2 is 1.91 bits per heavy atom. The van der Waals surface area contributed by atoms with Crippen molar-refractivity contribution in [2.24, 2.45) is 10.9 Å². The molecule has 32 heavy (non-hydrogen) atoms. The van der Waals surface area contributed by atoms with Crippen LogP contribution in [0.5, 0.6) is 0 Å². The highest BCUT2D eigenvalue weighted by molar-refractivity contribution is 14.0. The van der Waals surface area contributed by atoms with E-state index in [1.807, 2.05) is 12.1 Å². The second-order valence-corrected chi connectivity index (χ2v) is 9.77. The standard InChI is InChI=1S/C25H32ClN5.HI/c26-22-8-10-23(11-9-22)27-15-21-7-4-13-31(17-21)24-28-18-25(29-24)12-14-30(19-25)16-20-5-2-1-3-6-20;/h1-3,5-6,8-11,21,27H,4,7,12-19H2,(H,28,29);1H. The Morgan fingerprint density at radius 3 is 2.72 bits per heavy atom. The van der Waals surface area contributed by atoms with Crippen LogP contribution >= 0.6 is 35.6 Å². The molecule has 0 radical (unpaired) electrons. The van der Waals surface area contributed by atoms with Crippen LogP contribution in [0.2, 0.25) is 5.02 Å². The summed E-state index contributed by atoms with van der Waals surface area (Å²) in [5.74, 6) is 1.75. The van der Waals surface area contributed by atoms with Gasteiger partial charge in [-0.1, -0.05) is 41.9 Å². The zero-order chi connectivity index (χ0) is 21.1. The minimum atomic E-state index is 0. The molecule has 2 N–H and O–H groups in total. The number of aliphatic imine (C=N–C) groups is 1. The molecule has 0 aromatic heterocycles. The van der Waals surface area contributed by atoms with Crippen molar-refractivity contribution in [2.45, 2.75) is 31.3 Å². The molecule has 2 unspecified atom stereocenters. The molecule has 0 aliphatic carbocycles. The van der Waals surface area contributed by atoms with Crippen molar-refractivity contribution in [1.82, 2.24) is 15.1 Å². The maximum Gasteiger partial charge on any atom is 0.194 e. The number of nitrogens with one attached hydrogen (secondary N) is 2. The zero-order valence-corrected chi connectivity index (χ0v) is 21.6. The van der Waals surface area contributed by atoms with Gasteiger partial charge in [0, 0.05) is 50.0 Å². The number of hydrogen-bond donors (Lipinski definition) is 2. The Hall–Kier alpha value is -1.51. The average molecular weight is 566 g/mol. The van der Waals surface area contributed by atoms with Gasteiger partial charge < -0.3 is 15.5 Å². The highest BCUT2D eigenvalue weighted by Crippen LogP contribution is 2.28. The molecule has 2 atom stereocenters. The van der Waals surface area contributed by atoms with Crippen LogP contribution in [-0.4, -0.2) is 60.6 Å². The van der Waals surface area contributed by atoms with Gasteiger partial charge in [0.1, 0.15) is 0 Å². The third kappa shape index (κ3) is 5.69. The first kappa shape index (κ1) is 23.6. The normalized spacial score (nSPS) is 25.3. The Morgan fingerprint density at radius 1 is 1.09 bits per heavy atom. The first-order valence-corrected chi connectivity index (χ1v) is 11.9. The van der Waals surface area contributed by atoms with Crippen molar-refractivity contribution in [2.75, 3.05) is 44.6 Å². The Kier molecular flexibility index (Phi) is 7.84. The van der Waals surface area contributed by atoms with Crippen LogP contribution in [0.3, 0.4) is 0 Å². The molecule has 2 saturated heterocycles. The molecule has 5 nitrogen and oxygen atoms in total.